The Bertz CT molecular complexity index is 753. The molecule has 3 unspecified atom stereocenters. The van der Waals surface area contributed by atoms with Gasteiger partial charge in [-0.15, -0.1) is 0 Å². The van der Waals surface area contributed by atoms with Crippen molar-refractivity contribution < 1.29 is 9.47 Å². The van der Waals surface area contributed by atoms with Crippen LogP contribution in [0.15, 0.2) is 52.2 Å². The maximum Gasteiger partial charge on any atom is 0.330 e. The van der Waals surface area contributed by atoms with E-state index in [9.17, 15) is 9.59 Å². The van der Waals surface area contributed by atoms with Crippen LogP contribution in [-0.2, 0) is 16.1 Å². The molecule has 1 N–H and O–H groups in total. The summed E-state index contributed by atoms with van der Waals surface area (Å²) in [5, 5.41) is 0. The van der Waals surface area contributed by atoms with Crippen LogP contribution in [0.25, 0.3) is 0 Å². The molecule has 6 heteroatoms. The molecule has 2 aromatic rings. The van der Waals surface area contributed by atoms with Crippen molar-refractivity contribution in [1.82, 2.24) is 9.55 Å². The molecule has 0 bridgehead atoms. The maximum atomic E-state index is 11.9. The van der Waals surface area contributed by atoms with E-state index in [0.29, 0.717) is 13.2 Å². The molecular formula is C17H20N2O4. The lowest BCUT2D eigenvalue weighted by Gasteiger charge is -2.17. The van der Waals surface area contributed by atoms with E-state index in [0.717, 1.165) is 12.0 Å². The van der Waals surface area contributed by atoms with Gasteiger partial charge in [-0.3, -0.25) is 14.3 Å². The van der Waals surface area contributed by atoms with Gasteiger partial charge in [0.1, 0.15) is 6.23 Å². The van der Waals surface area contributed by atoms with Crippen LogP contribution in [0.2, 0.25) is 0 Å². The van der Waals surface area contributed by atoms with Gasteiger partial charge in [-0.1, -0.05) is 37.3 Å². The Morgan fingerprint density at radius 3 is 2.78 bits per heavy atom. The number of hydrogen-bond donors (Lipinski definition) is 1. The molecule has 1 aromatic carbocycles. The van der Waals surface area contributed by atoms with Gasteiger partial charge in [-0.05, 0) is 12.0 Å². The molecule has 3 rings (SSSR count). The minimum Gasteiger partial charge on any atom is -0.374 e. The molecule has 122 valence electrons. The number of ether oxygens (including phenoxy) is 2. The summed E-state index contributed by atoms with van der Waals surface area (Å²) in [6, 6.07) is 11.3. The Balaban J connectivity index is 1.58. The van der Waals surface area contributed by atoms with E-state index in [4.69, 9.17) is 9.47 Å². The molecule has 0 saturated carbocycles. The largest absolute Gasteiger partial charge is 0.374 e. The van der Waals surface area contributed by atoms with Crippen molar-refractivity contribution in [2.45, 2.75) is 32.3 Å². The first-order valence-corrected chi connectivity index (χ1v) is 7.72. The molecular weight excluding hydrogens is 296 g/mol. The van der Waals surface area contributed by atoms with Gasteiger partial charge >= 0.3 is 5.69 Å². The van der Waals surface area contributed by atoms with Gasteiger partial charge in [-0.25, -0.2) is 4.79 Å². The zero-order valence-electron chi connectivity index (χ0n) is 13.0. The summed E-state index contributed by atoms with van der Waals surface area (Å²) < 4.78 is 13.1. The minimum atomic E-state index is -0.444. The predicted molar refractivity (Wildman–Crippen MR) is 85.1 cm³/mol. The number of hydrogen-bond acceptors (Lipinski definition) is 4. The first-order chi connectivity index (χ1) is 11.1. The van der Waals surface area contributed by atoms with Crippen LogP contribution in [0.3, 0.4) is 0 Å². The molecule has 23 heavy (non-hydrogen) atoms. The number of nitrogens with one attached hydrogen (secondary N) is 1. The van der Waals surface area contributed by atoms with Crippen molar-refractivity contribution >= 4 is 0 Å². The predicted octanol–water partition coefficient (Wildman–Crippen LogP) is 1.68. The smallest absolute Gasteiger partial charge is 0.330 e. The molecule has 3 atom stereocenters. The van der Waals surface area contributed by atoms with Gasteiger partial charge in [0.2, 0.25) is 0 Å². The van der Waals surface area contributed by atoms with Crippen LogP contribution in [0.4, 0.5) is 0 Å². The summed E-state index contributed by atoms with van der Waals surface area (Å²) >= 11 is 0. The Morgan fingerprint density at radius 1 is 1.26 bits per heavy atom. The number of benzene rings is 1. The third-order valence-electron chi connectivity index (χ3n) is 3.99. The molecule has 1 aliphatic heterocycles. The fraction of sp³-hybridized carbons (Fsp3) is 0.412. The van der Waals surface area contributed by atoms with E-state index in [2.05, 4.69) is 4.98 Å². The zero-order valence-corrected chi connectivity index (χ0v) is 13.0. The van der Waals surface area contributed by atoms with E-state index < -0.39 is 11.2 Å². The third-order valence-corrected chi connectivity index (χ3v) is 3.99. The highest BCUT2D eigenvalue weighted by atomic mass is 16.6. The van der Waals surface area contributed by atoms with E-state index in [1.54, 1.807) is 0 Å². The second-order valence-electron chi connectivity index (χ2n) is 5.88. The van der Waals surface area contributed by atoms with Crippen molar-refractivity contribution in [2.24, 2.45) is 5.92 Å². The van der Waals surface area contributed by atoms with Gasteiger partial charge in [0.15, 0.2) is 0 Å². The second kappa shape index (κ2) is 6.93. The second-order valence-corrected chi connectivity index (χ2v) is 5.88. The zero-order chi connectivity index (χ0) is 16.2. The minimum absolute atomic E-state index is 0.0578. The molecule has 0 radical (unpaired) electrons. The van der Waals surface area contributed by atoms with Crippen LogP contribution in [0.5, 0.6) is 0 Å². The first kappa shape index (κ1) is 15.7. The highest BCUT2D eigenvalue weighted by Crippen LogP contribution is 2.33. The Morgan fingerprint density at radius 2 is 2.04 bits per heavy atom. The molecule has 0 aliphatic carbocycles. The summed E-state index contributed by atoms with van der Waals surface area (Å²) in [6.45, 7) is 3.05. The van der Waals surface area contributed by atoms with E-state index in [1.165, 1.54) is 16.8 Å². The van der Waals surface area contributed by atoms with Crippen LogP contribution in [0.1, 0.15) is 25.1 Å². The van der Waals surface area contributed by atoms with E-state index >= 15 is 0 Å². The Hall–Kier alpha value is -2.18. The van der Waals surface area contributed by atoms with Crippen LogP contribution < -0.4 is 11.2 Å². The summed E-state index contributed by atoms with van der Waals surface area (Å²) in [6.07, 6.45) is 1.86. The number of nitrogens with zero attached hydrogens (tertiary/aromatic N) is 1. The molecule has 1 aromatic heterocycles. The van der Waals surface area contributed by atoms with E-state index in [1.807, 2.05) is 37.3 Å². The quantitative estimate of drug-likeness (QED) is 0.911. The lowest BCUT2D eigenvalue weighted by molar-refractivity contribution is -0.0525. The maximum absolute atomic E-state index is 11.9. The lowest BCUT2D eigenvalue weighted by Crippen LogP contribution is -2.33. The van der Waals surface area contributed by atoms with Crippen molar-refractivity contribution in [3.05, 3.63) is 69.0 Å². The molecule has 1 saturated heterocycles. The summed E-state index contributed by atoms with van der Waals surface area (Å²) in [5.74, 6) is 0.170. The van der Waals surface area contributed by atoms with Crippen LogP contribution >= 0.6 is 0 Å². The highest BCUT2D eigenvalue weighted by Gasteiger charge is 2.34. The number of rotatable bonds is 5. The fourth-order valence-corrected chi connectivity index (χ4v) is 2.88. The van der Waals surface area contributed by atoms with Crippen LogP contribution in [-0.4, -0.2) is 22.3 Å². The summed E-state index contributed by atoms with van der Waals surface area (Å²) in [5.41, 5.74) is 0.270. The number of aromatic nitrogens is 2. The Kier molecular flexibility index (Phi) is 4.73. The number of H-pyrrole nitrogens is 1. The van der Waals surface area contributed by atoms with Crippen molar-refractivity contribution in [2.75, 3.05) is 6.61 Å². The van der Waals surface area contributed by atoms with E-state index in [-0.39, 0.29) is 18.2 Å². The summed E-state index contributed by atoms with van der Waals surface area (Å²) in [7, 11) is 0. The van der Waals surface area contributed by atoms with Gasteiger partial charge in [0.25, 0.3) is 5.56 Å². The Labute approximate surface area is 133 Å². The molecule has 0 amide bonds. The van der Waals surface area contributed by atoms with Gasteiger partial charge in [0, 0.05) is 18.2 Å². The van der Waals surface area contributed by atoms with Crippen molar-refractivity contribution in [3.8, 4) is 0 Å². The van der Waals surface area contributed by atoms with Crippen LogP contribution in [0, 0.1) is 5.92 Å². The highest BCUT2D eigenvalue weighted by molar-refractivity contribution is 5.13. The normalized spacial score (nSPS) is 24.0. The summed E-state index contributed by atoms with van der Waals surface area (Å²) in [4.78, 5) is 25.3. The van der Waals surface area contributed by atoms with Gasteiger partial charge in [-0.2, -0.15) is 0 Å². The molecule has 2 heterocycles. The monoisotopic (exact) mass is 316 g/mol. The first-order valence-electron chi connectivity index (χ1n) is 7.72. The fourth-order valence-electron chi connectivity index (χ4n) is 2.88. The average Bonchev–Trinajstić information content (AvgIpc) is 2.89. The van der Waals surface area contributed by atoms with Crippen molar-refractivity contribution in [3.63, 3.8) is 0 Å². The van der Waals surface area contributed by atoms with Gasteiger partial charge in [0.05, 0.1) is 19.3 Å². The SMILES string of the molecule is CC1CC(COCc2ccccc2)OC1n1ccc(=O)[nH]c1=O. The standard InChI is InChI=1S/C17H20N2O4/c1-12-9-14(11-22-10-13-5-3-2-4-6-13)23-16(12)19-8-7-15(20)18-17(19)21/h2-8,12,14,16H,9-11H2,1H3,(H,18,20,21). The van der Waals surface area contributed by atoms with Gasteiger partial charge < -0.3 is 9.47 Å². The average molecular weight is 316 g/mol. The molecule has 1 fully saturated rings. The molecule has 6 nitrogen and oxygen atoms in total. The van der Waals surface area contributed by atoms with Crippen molar-refractivity contribution in [1.29, 1.82) is 0 Å². The third kappa shape index (κ3) is 3.78. The molecule has 1 aliphatic rings. The molecule has 0 spiro atoms. The topological polar surface area (TPSA) is 73.3 Å². The number of aromatic amines is 1. The lowest BCUT2D eigenvalue weighted by atomic mass is 10.1.